The van der Waals surface area contributed by atoms with Gasteiger partial charge in [0.2, 0.25) is 0 Å². The van der Waals surface area contributed by atoms with E-state index in [0.717, 1.165) is 16.7 Å². The number of halogens is 1. The molecule has 0 radical (unpaired) electrons. The zero-order valence-corrected chi connectivity index (χ0v) is 16.2. The van der Waals surface area contributed by atoms with E-state index in [1.807, 2.05) is 13.0 Å². The Hall–Kier alpha value is -1.06. The fourth-order valence-corrected chi connectivity index (χ4v) is 4.45. The molecule has 23 heavy (non-hydrogen) atoms. The van der Waals surface area contributed by atoms with Gasteiger partial charge in [0.1, 0.15) is 0 Å². The molecule has 3 rings (SSSR count). The van der Waals surface area contributed by atoms with Gasteiger partial charge < -0.3 is 0 Å². The molecule has 1 aliphatic rings. The molecule has 4 heteroatoms. The van der Waals surface area contributed by atoms with Crippen molar-refractivity contribution in [3.63, 3.8) is 0 Å². The Bertz CT molecular complexity index is 655. The molecule has 2 nitrogen and oxygen atoms in total. The Kier molecular flexibility index (Phi) is 5.96. The topological polar surface area (TPSA) is 18.5 Å². The number of ether oxygens (including phenoxy) is 2. The van der Waals surface area contributed by atoms with E-state index in [2.05, 4.69) is 69.4 Å². The fraction of sp³-hybridized carbons (Fsp3) is 0.263. The molecule has 1 saturated heterocycles. The Balaban J connectivity index is 1.74. The molecular formula is C19H19BrO2Se. The molecule has 1 heterocycles. The molecule has 0 aromatic heterocycles. The summed E-state index contributed by atoms with van der Waals surface area (Å²) in [6, 6.07) is 18.9. The second-order valence-electron chi connectivity index (χ2n) is 5.29. The van der Waals surface area contributed by atoms with Crippen molar-refractivity contribution in [3.8, 4) is 0 Å². The first-order chi connectivity index (χ1) is 11.3. The van der Waals surface area contributed by atoms with Crippen LogP contribution < -0.4 is 4.46 Å². The number of hydrogen-bond acceptors (Lipinski definition) is 2. The van der Waals surface area contributed by atoms with Crippen LogP contribution >= 0.6 is 15.9 Å². The minimum atomic E-state index is 0.0687. The van der Waals surface area contributed by atoms with Crippen LogP contribution in [0.25, 0.3) is 0 Å². The molecule has 0 unspecified atom stereocenters. The maximum atomic E-state index is 6.21. The first kappa shape index (κ1) is 16.8. The van der Waals surface area contributed by atoms with Gasteiger partial charge in [-0.3, -0.25) is 0 Å². The van der Waals surface area contributed by atoms with Crippen LogP contribution in [0.4, 0.5) is 0 Å². The summed E-state index contributed by atoms with van der Waals surface area (Å²) in [6.07, 6.45) is 1.03. The summed E-state index contributed by atoms with van der Waals surface area (Å²) in [6.45, 7) is 2.74. The molecule has 2 atom stereocenters. The number of benzene rings is 2. The molecule has 2 aromatic rings. The molecule has 1 aliphatic heterocycles. The van der Waals surface area contributed by atoms with E-state index < -0.39 is 0 Å². The van der Waals surface area contributed by atoms with Gasteiger partial charge in [-0.1, -0.05) is 0 Å². The van der Waals surface area contributed by atoms with Crippen molar-refractivity contribution in [2.24, 2.45) is 0 Å². The van der Waals surface area contributed by atoms with E-state index >= 15 is 0 Å². The van der Waals surface area contributed by atoms with Crippen LogP contribution in [0.15, 0.2) is 69.8 Å². The normalized spacial score (nSPS) is 22.3. The third kappa shape index (κ3) is 4.48. The average Bonchev–Trinajstić information content (AvgIpc) is 2.98. The minimum absolute atomic E-state index is 0.0687. The van der Waals surface area contributed by atoms with Crippen LogP contribution in [0.5, 0.6) is 0 Å². The van der Waals surface area contributed by atoms with E-state index in [4.69, 9.17) is 9.47 Å². The van der Waals surface area contributed by atoms with Gasteiger partial charge in [0.05, 0.1) is 0 Å². The van der Waals surface area contributed by atoms with Gasteiger partial charge in [0.15, 0.2) is 0 Å². The van der Waals surface area contributed by atoms with Gasteiger partial charge in [-0.2, -0.15) is 0 Å². The van der Waals surface area contributed by atoms with Crippen LogP contribution in [0, 0.1) is 0 Å². The first-order valence-corrected chi connectivity index (χ1v) is 10.4. The molecule has 0 bridgehead atoms. The van der Waals surface area contributed by atoms with Gasteiger partial charge in [0, 0.05) is 0 Å². The van der Waals surface area contributed by atoms with Crippen molar-refractivity contribution in [1.29, 1.82) is 0 Å². The summed E-state index contributed by atoms with van der Waals surface area (Å²) < 4.78 is 14.5. The Morgan fingerprint density at radius 2 is 1.91 bits per heavy atom. The SMILES string of the molecule is CCO[C@H]1C[C@H](c2ccc(Br)cc2)O/C1=C\[Se]c1ccccc1. The zero-order valence-electron chi connectivity index (χ0n) is 12.9. The van der Waals surface area contributed by atoms with E-state index in [9.17, 15) is 0 Å². The summed E-state index contributed by atoms with van der Waals surface area (Å²) in [5.74, 6) is 0.989. The molecule has 120 valence electrons. The maximum absolute atomic E-state index is 6.21. The zero-order chi connectivity index (χ0) is 16.1. The second kappa shape index (κ2) is 8.16. The predicted octanol–water partition coefficient (Wildman–Crippen LogP) is 4.19. The van der Waals surface area contributed by atoms with E-state index in [1.165, 1.54) is 10.0 Å². The third-order valence-electron chi connectivity index (χ3n) is 3.69. The van der Waals surface area contributed by atoms with Crippen molar-refractivity contribution < 1.29 is 9.47 Å². The van der Waals surface area contributed by atoms with Crippen molar-refractivity contribution in [2.75, 3.05) is 6.61 Å². The fourth-order valence-electron chi connectivity index (χ4n) is 2.56. The van der Waals surface area contributed by atoms with Crippen molar-refractivity contribution in [3.05, 3.63) is 75.4 Å². The number of hydrogen-bond donors (Lipinski definition) is 0. The molecule has 0 aliphatic carbocycles. The van der Waals surface area contributed by atoms with Crippen LogP contribution in [0.2, 0.25) is 0 Å². The number of rotatable bonds is 5. The monoisotopic (exact) mass is 438 g/mol. The van der Waals surface area contributed by atoms with Gasteiger partial charge >= 0.3 is 152 Å². The van der Waals surface area contributed by atoms with Crippen LogP contribution in [-0.2, 0) is 9.47 Å². The van der Waals surface area contributed by atoms with Crippen molar-refractivity contribution in [2.45, 2.75) is 25.6 Å². The first-order valence-electron chi connectivity index (χ1n) is 7.71. The molecular weight excluding hydrogens is 419 g/mol. The molecule has 0 saturated carbocycles. The van der Waals surface area contributed by atoms with Crippen LogP contribution in [0.1, 0.15) is 25.0 Å². The molecule has 1 fully saturated rings. The van der Waals surface area contributed by atoms with Crippen LogP contribution in [-0.4, -0.2) is 27.7 Å². The summed E-state index contributed by atoms with van der Waals surface area (Å²) in [7, 11) is 0. The van der Waals surface area contributed by atoms with Gasteiger partial charge in [-0.25, -0.2) is 0 Å². The van der Waals surface area contributed by atoms with E-state index in [-0.39, 0.29) is 27.2 Å². The summed E-state index contributed by atoms with van der Waals surface area (Å²) in [5.41, 5.74) is 1.20. The second-order valence-corrected chi connectivity index (χ2v) is 8.18. The quantitative estimate of drug-likeness (QED) is 0.653. The molecule has 2 aromatic carbocycles. The van der Waals surface area contributed by atoms with Gasteiger partial charge in [-0.05, 0) is 0 Å². The molecule has 0 N–H and O–H groups in total. The summed E-state index contributed by atoms with van der Waals surface area (Å²) in [4.78, 5) is 2.22. The standard InChI is InChI=1S/C19H19BrO2Se/c1-2-21-18-12-17(14-8-10-15(20)11-9-14)22-19(18)13-23-16-6-4-3-5-7-16/h3-11,13,17-18H,2,12H2,1H3/b19-13-/t17-,18+/m1/s1. The van der Waals surface area contributed by atoms with Gasteiger partial charge in [-0.15, -0.1) is 0 Å². The van der Waals surface area contributed by atoms with Crippen molar-refractivity contribution in [1.82, 2.24) is 0 Å². The van der Waals surface area contributed by atoms with Crippen LogP contribution in [0.3, 0.4) is 0 Å². The van der Waals surface area contributed by atoms with Gasteiger partial charge in [0.25, 0.3) is 0 Å². The van der Waals surface area contributed by atoms with E-state index in [1.54, 1.807) is 0 Å². The molecule has 0 amide bonds. The third-order valence-corrected chi connectivity index (χ3v) is 6.09. The predicted molar refractivity (Wildman–Crippen MR) is 97.9 cm³/mol. The Morgan fingerprint density at radius 3 is 2.61 bits per heavy atom. The van der Waals surface area contributed by atoms with E-state index in [0.29, 0.717) is 6.61 Å². The van der Waals surface area contributed by atoms with Crippen molar-refractivity contribution >= 4 is 35.3 Å². The Morgan fingerprint density at radius 1 is 1.17 bits per heavy atom. The summed E-state index contributed by atoms with van der Waals surface area (Å²) >= 11 is 3.74. The average molecular weight is 438 g/mol. The summed E-state index contributed by atoms with van der Waals surface area (Å²) in [5, 5.41) is 0. The Labute approximate surface area is 152 Å². The molecule has 0 spiro atoms.